The largest absolute Gasteiger partial charge is 4.00 e. The third-order valence-corrected chi connectivity index (χ3v) is 4.51. The van der Waals surface area contributed by atoms with E-state index < -0.39 is 5.91 Å². The van der Waals surface area contributed by atoms with Crippen molar-refractivity contribution in [2.75, 3.05) is 0 Å². The zero-order chi connectivity index (χ0) is 21.4. The van der Waals surface area contributed by atoms with E-state index in [0.717, 1.165) is 15.1 Å². The number of benzene rings is 3. The minimum Gasteiger partial charge on any atom is -1.00 e. The fourth-order valence-electron chi connectivity index (χ4n) is 3.03. The molecule has 0 aromatic heterocycles. The number of carbonyl (C=O) groups excluding carboxylic acids is 1. The summed E-state index contributed by atoms with van der Waals surface area (Å²) in [7, 11) is 1.08. The number of halogens is 2. The van der Waals surface area contributed by atoms with E-state index in [9.17, 15) is 4.79 Å². The molecule has 2 radical (unpaired) electrons. The molecule has 0 bridgehead atoms. The van der Waals surface area contributed by atoms with E-state index in [0.29, 0.717) is 5.56 Å². The van der Waals surface area contributed by atoms with Crippen molar-refractivity contribution in [1.82, 2.24) is 0 Å². The zero-order valence-electron chi connectivity index (χ0n) is 19.2. The van der Waals surface area contributed by atoms with Crippen molar-refractivity contribution in [2.24, 2.45) is 0 Å². The molecule has 4 aromatic carbocycles. The van der Waals surface area contributed by atoms with Crippen LogP contribution in [0, 0.1) is 0 Å². The predicted molar refractivity (Wildman–Crippen MR) is 128 cm³/mol. The Labute approximate surface area is 226 Å². The molecule has 1 N–H and O–H groups in total. The van der Waals surface area contributed by atoms with Gasteiger partial charge in [-0.3, -0.25) is 0 Å². The summed E-state index contributed by atoms with van der Waals surface area (Å²) in [6.45, 7) is 10.6. The molecule has 0 fully saturated rings. The van der Waals surface area contributed by atoms with E-state index in [-0.39, 0.29) is 56.1 Å². The van der Waals surface area contributed by atoms with Gasteiger partial charge >= 0.3 is 25.8 Å². The average Bonchev–Trinajstić information content (AvgIpc) is 3.07. The molecule has 4 aromatic rings. The molecule has 6 heteroatoms. The first-order valence-corrected chi connectivity index (χ1v) is 11.8. The topological polar surface area (TPSA) is 40.9 Å². The van der Waals surface area contributed by atoms with Crippen LogP contribution in [-0.2, 0) is 31.3 Å². The molecule has 0 aliphatic rings. The van der Waals surface area contributed by atoms with Crippen molar-refractivity contribution in [3.8, 4) is 0 Å². The first kappa shape index (κ1) is 32.8. The van der Waals surface area contributed by atoms with E-state index in [4.69, 9.17) is 5.73 Å². The molecule has 4 rings (SSSR count). The Balaban J connectivity index is 0. The molecule has 32 heavy (non-hydrogen) atoms. The maximum absolute atomic E-state index is 10.8. The number of nitrogens with one attached hydrogen (secondary N) is 1. The van der Waals surface area contributed by atoms with Crippen LogP contribution in [0.4, 0.5) is 0 Å². The molecule has 166 valence electrons. The smallest absolute Gasteiger partial charge is 1.00 e. The molecule has 1 amide bonds. The molecule has 0 saturated heterocycles. The Bertz CT molecular complexity index is 1040. The summed E-state index contributed by atoms with van der Waals surface area (Å²) in [6.07, 6.45) is 0. The van der Waals surface area contributed by atoms with Crippen LogP contribution >= 0.6 is 0 Å². The first-order chi connectivity index (χ1) is 13.8. The van der Waals surface area contributed by atoms with Crippen LogP contribution in [0.5, 0.6) is 0 Å². The van der Waals surface area contributed by atoms with Gasteiger partial charge in [-0.1, -0.05) is 88.5 Å². The molecular weight excluding hydrogens is 620 g/mol. The summed E-state index contributed by atoms with van der Waals surface area (Å²) in [5.74, 6) is -0.619. The Morgan fingerprint density at radius 3 is 1.66 bits per heavy atom. The Morgan fingerprint density at radius 2 is 1.25 bits per heavy atom. The van der Waals surface area contributed by atoms with E-state index in [1.807, 2.05) is 12.1 Å². The van der Waals surface area contributed by atoms with Gasteiger partial charge in [-0.2, -0.15) is 0 Å². The maximum Gasteiger partial charge on any atom is 4.00 e. The summed E-state index contributed by atoms with van der Waals surface area (Å²) in [5.41, 5.74) is 8.57. The predicted octanol–water partition coefficient (Wildman–Crippen LogP) is 1.68. The van der Waals surface area contributed by atoms with Crippen molar-refractivity contribution in [3.05, 3.63) is 95.7 Å². The summed E-state index contributed by atoms with van der Waals surface area (Å²) in [5, 5.41) is 5.39. The van der Waals surface area contributed by atoms with Crippen LogP contribution in [-0.4, -0.2) is 15.4 Å². The second kappa shape index (κ2) is 15.5. The summed E-state index contributed by atoms with van der Waals surface area (Å²) < 4.78 is 0. The van der Waals surface area contributed by atoms with Gasteiger partial charge in [0.2, 0.25) is 0 Å². The van der Waals surface area contributed by atoms with E-state index in [1.54, 1.807) is 12.1 Å². The SMILES string of the molecule is CC(C)(C)c1cccc(C([NH-])=O)c1.C[Si]C.[Cl-].[Cl-].[Hf+4].c1ccc2c(c1)[cH-]c1ccccc12. The molecular formula is C26H29Cl2HfNOSi. The number of rotatable bonds is 1. The maximum atomic E-state index is 10.8. The molecule has 0 atom stereocenters. The second-order valence-corrected chi connectivity index (χ2v) is 8.98. The van der Waals surface area contributed by atoms with Gasteiger partial charge in [0.05, 0.1) is 5.91 Å². The van der Waals surface area contributed by atoms with Crippen LogP contribution < -0.4 is 24.8 Å². The normalized spacial score (nSPS) is 9.66. The van der Waals surface area contributed by atoms with Gasteiger partial charge < -0.3 is 35.3 Å². The molecule has 0 unspecified atom stereocenters. The van der Waals surface area contributed by atoms with Crippen molar-refractivity contribution >= 4 is 37.0 Å². The molecule has 0 saturated carbocycles. The monoisotopic (exact) mass is 649 g/mol. The molecule has 0 spiro atoms. The minimum atomic E-state index is -0.619. The molecule has 0 aliphatic heterocycles. The Kier molecular flexibility index (Phi) is 15.9. The van der Waals surface area contributed by atoms with Gasteiger partial charge in [0.15, 0.2) is 0 Å². The quantitative estimate of drug-likeness (QED) is 0.229. The standard InChI is InChI=1S/C13H9.C11H15NO.C2H6Si.2ClH.Hf/c1-3-7-12-10(5-1)9-11-6-2-4-8-13(11)12;1-11(2,3)9-6-4-5-8(7-9)10(12)13;1-3-2;;;/h1-9H;4-7H,1-3H3,(H2,12,13);1-2H3;2*1H;/q-1;;;;;+4/p-3. The number of carbonyl (C=O) groups is 1. The van der Waals surface area contributed by atoms with Crippen molar-refractivity contribution in [2.45, 2.75) is 39.3 Å². The number of hydrogen-bond donors (Lipinski definition) is 0. The molecule has 0 heterocycles. The van der Waals surface area contributed by atoms with Crippen LogP contribution in [0.1, 0.15) is 36.7 Å². The van der Waals surface area contributed by atoms with Crippen molar-refractivity contribution in [3.63, 3.8) is 0 Å². The first-order valence-electron chi connectivity index (χ1n) is 9.76. The van der Waals surface area contributed by atoms with Gasteiger partial charge in [0, 0.05) is 9.52 Å². The van der Waals surface area contributed by atoms with Crippen LogP contribution in [0.15, 0.2) is 78.9 Å². The minimum absolute atomic E-state index is 0. The molecule has 2 nitrogen and oxygen atoms in total. The van der Waals surface area contributed by atoms with Crippen LogP contribution in [0.25, 0.3) is 27.3 Å². The van der Waals surface area contributed by atoms with Gasteiger partial charge in [-0.15, -0.1) is 39.7 Å². The number of amides is 1. The van der Waals surface area contributed by atoms with Crippen molar-refractivity contribution < 1.29 is 55.5 Å². The van der Waals surface area contributed by atoms with Crippen molar-refractivity contribution in [1.29, 1.82) is 0 Å². The fraction of sp³-hybridized carbons (Fsp3) is 0.231. The van der Waals surface area contributed by atoms with E-state index in [2.05, 4.69) is 88.5 Å². The van der Waals surface area contributed by atoms with E-state index in [1.165, 1.54) is 21.5 Å². The Morgan fingerprint density at radius 1 is 0.812 bits per heavy atom. The summed E-state index contributed by atoms with van der Waals surface area (Å²) >= 11 is 0. The van der Waals surface area contributed by atoms with Gasteiger partial charge in [0.1, 0.15) is 0 Å². The second-order valence-electron chi connectivity index (χ2n) is 7.98. The zero-order valence-corrected chi connectivity index (χ0v) is 25.3. The Hall–Kier alpha value is -1.33. The van der Waals surface area contributed by atoms with Gasteiger partial charge in [-0.05, 0) is 22.6 Å². The summed E-state index contributed by atoms with van der Waals surface area (Å²) in [4.78, 5) is 10.8. The van der Waals surface area contributed by atoms with Gasteiger partial charge in [0.25, 0.3) is 0 Å². The number of hydrogen-bond acceptors (Lipinski definition) is 1. The fourth-order valence-corrected chi connectivity index (χ4v) is 3.03. The van der Waals surface area contributed by atoms with Crippen LogP contribution in [0.3, 0.4) is 0 Å². The number of fused-ring (bicyclic) bond motifs is 3. The summed E-state index contributed by atoms with van der Waals surface area (Å²) in [6, 6.07) is 26.5. The molecule has 0 aliphatic carbocycles. The van der Waals surface area contributed by atoms with E-state index >= 15 is 0 Å². The van der Waals surface area contributed by atoms with Gasteiger partial charge in [-0.25, -0.2) is 0 Å². The van der Waals surface area contributed by atoms with Crippen LogP contribution in [0.2, 0.25) is 13.1 Å². The average molecular weight is 649 g/mol. The third-order valence-electron chi connectivity index (χ3n) is 4.51. The third kappa shape index (κ3) is 9.26.